The second kappa shape index (κ2) is 7.23. The van der Waals surface area contributed by atoms with Crippen LogP contribution in [0.1, 0.15) is 11.1 Å². The van der Waals surface area contributed by atoms with Crippen molar-refractivity contribution >= 4 is 17.6 Å². The topological polar surface area (TPSA) is 30.8 Å². The molecule has 0 saturated carbocycles. The lowest BCUT2D eigenvalue weighted by Crippen LogP contribution is -1.84. The van der Waals surface area contributed by atoms with Crippen molar-refractivity contribution in [3.8, 4) is 11.5 Å². The van der Waals surface area contributed by atoms with E-state index in [9.17, 15) is 0 Å². The molecule has 98 valence electrons. The van der Waals surface area contributed by atoms with Crippen LogP contribution in [0.15, 0.2) is 53.0 Å². The first-order chi connectivity index (χ1) is 9.27. The number of hydrogen-bond donors (Lipinski definition) is 0. The monoisotopic (exact) mass is 291 g/mol. The fourth-order valence-electron chi connectivity index (χ4n) is 1.47. The fourth-order valence-corrected chi connectivity index (χ4v) is 2.45. The van der Waals surface area contributed by atoms with Crippen LogP contribution in [0.5, 0.6) is 11.5 Å². The van der Waals surface area contributed by atoms with Crippen LogP contribution in [0.3, 0.4) is 0 Å². The van der Waals surface area contributed by atoms with Crippen LogP contribution < -0.4 is 9.05 Å². The van der Waals surface area contributed by atoms with E-state index in [4.69, 9.17) is 9.05 Å². The highest BCUT2D eigenvalue weighted by Crippen LogP contribution is 2.28. The highest BCUT2D eigenvalue weighted by Gasteiger charge is 2.00. The Morgan fingerprint density at radius 3 is 2.58 bits per heavy atom. The Hall–Kier alpha value is -1.43. The number of nitrogens with zero attached hydrogens (tertiary/aromatic N) is 1. The van der Waals surface area contributed by atoms with Crippen molar-refractivity contribution in [1.29, 1.82) is 0 Å². The normalized spacial score (nSPS) is 11.3. The van der Waals surface area contributed by atoms with Crippen LogP contribution in [0, 0.1) is 13.8 Å². The van der Waals surface area contributed by atoms with Gasteiger partial charge in [-0.3, -0.25) is 0 Å². The van der Waals surface area contributed by atoms with Gasteiger partial charge < -0.3 is 9.05 Å². The molecule has 0 radical (unpaired) electrons. The van der Waals surface area contributed by atoms with Crippen LogP contribution in [0.25, 0.3) is 0 Å². The smallest absolute Gasteiger partial charge is 0.249 e. The van der Waals surface area contributed by atoms with Gasteiger partial charge in [-0.15, -0.1) is 0 Å². The van der Waals surface area contributed by atoms with E-state index in [-0.39, 0.29) is 8.96 Å². The minimum Gasteiger partial charge on any atom is -0.454 e. The summed E-state index contributed by atoms with van der Waals surface area (Å²) in [6.45, 7) is 4.11. The lowest BCUT2D eigenvalue weighted by molar-refractivity contribution is 0.623. The van der Waals surface area contributed by atoms with E-state index < -0.39 is 0 Å². The molecule has 5 heteroatoms. The predicted octanol–water partition coefficient (Wildman–Crippen LogP) is 5.31. The Labute approximate surface area is 116 Å². The second-order valence-corrected chi connectivity index (χ2v) is 5.51. The molecule has 2 aromatic rings. The molecule has 0 aliphatic heterocycles. The molecule has 0 amide bonds. The van der Waals surface area contributed by atoms with Crippen molar-refractivity contribution in [3.05, 3.63) is 59.7 Å². The summed E-state index contributed by atoms with van der Waals surface area (Å²) in [6, 6.07) is 15.6. The Morgan fingerprint density at radius 2 is 1.79 bits per heavy atom. The number of benzene rings is 2. The molecule has 0 bridgehead atoms. The summed E-state index contributed by atoms with van der Waals surface area (Å²) in [5.41, 5.74) is 2.37. The Bertz CT molecular complexity index is 559. The summed E-state index contributed by atoms with van der Waals surface area (Å²) in [4.78, 5) is 0. The Balaban J connectivity index is 1.82. The summed E-state index contributed by atoms with van der Waals surface area (Å²) >= 11 is 0. The molecular weight excluding hydrogens is 276 g/mol. The summed E-state index contributed by atoms with van der Waals surface area (Å²) in [7, 11) is 0.607. The minimum atomic E-state index is 0.0431. The molecule has 0 aliphatic rings. The van der Waals surface area contributed by atoms with Crippen molar-refractivity contribution < 1.29 is 9.05 Å². The van der Waals surface area contributed by atoms with E-state index in [2.05, 4.69) is 17.5 Å². The first kappa shape index (κ1) is 14.0. The summed E-state index contributed by atoms with van der Waals surface area (Å²) < 4.78 is 15.2. The summed E-state index contributed by atoms with van der Waals surface area (Å²) in [6.07, 6.45) is 0. The zero-order chi connectivity index (χ0) is 13.5. The molecule has 0 spiro atoms. The molecule has 0 N–H and O–H groups in total. The molecule has 0 aromatic heterocycles. The summed E-state index contributed by atoms with van der Waals surface area (Å²) in [5, 5.41) is 0. The van der Waals surface area contributed by atoms with Gasteiger partial charge in [0.2, 0.25) is 17.6 Å². The zero-order valence-corrected chi connectivity index (χ0v) is 12.7. The van der Waals surface area contributed by atoms with Crippen molar-refractivity contribution in [2.75, 3.05) is 0 Å². The second-order valence-electron chi connectivity index (χ2n) is 3.98. The third-order valence-corrected chi connectivity index (χ3v) is 3.94. The van der Waals surface area contributed by atoms with E-state index in [1.54, 1.807) is 0 Å². The molecule has 0 fully saturated rings. The molecule has 0 aliphatic carbocycles. The van der Waals surface area contributed by atoms with Crippen molar-refractivity contribution in [2.24, 2.45) is 4.52 Å². The number of para-hydroxylation sites is 1. The van der Waals surface area contributed by atoms with E-state index in [1.807, 2.05) is 49.4 Å². The van der Waals surface area contributed by atoms with Crippen molar-refractivity contribution in [3.63, 3.8) is 0 Å². The highest BCUT2D eigenvalue weighted by atomic mass is 31.1. The van der Waals surface area contributed by atoms with E-state index in [0.717, 1.165) is 17.1 Å². The molecule has 0 heterocycles. The number of rotatable bonds is 5. The Morgan fingerprint density at radius 1 is 1.00 bits per heavy atom. The largest absolute Gasteiger partial charge is 0.454 e. The molecule has 2 rings (SSSR count). The van der Waals surface area contributed by atoms with Crippen LogP contribution >= 0.6 is 17.6 Å². The number of hydrogen-bond acceptors (Lipinski definition) is 3. The van der Waals surface area contributed by atoms with Gasteiger partial charge in [0.15, 0.2) is 0 Å². The highest BCUT2D eigenvalue weighted by molar-refractivity contribution is 7.39. The Kier molecular flexibility index (Phi) is 5.32. The van der Waals surface area contributed by atoms with Gasteiger partial charge in [-0.25, -0.2) is 0 Å². The first-order valence-electron chi connectivity index (χ1n) is 5.87. The molecule has 3 nitrogen and oxygen atoms in total. The van der Waals surface area contributed by atoms with Gasteiger partial charge in [-0.1, -0.05) is 30.3 Å². The third kappa shape index (κ3) is 4.31. The lowest BCUT2D eigenvalue weighted by Gasteiger charge is -2.05. The van der Waals surface area contributed by atoms with E-state index in [0.29, 0.717) is 8.60 Å². The standard InChI is InChI=1S/C14H15NO2P2/c1-11-7-6-10-14(12(11)2)17-19-15-18-16-13-8-4-3-5-9-13/h3-10,18H,1-2H3. The van der Waals surface area contributed by atoms with Gasteiger partial charge in [0, 0.05) is 0 Å². The first-order valence-corrected chi connectivity index (χ1v) is 7.49. The van der Waals surface area contributed by atoms with E-state index >= 15 is 0 Å². The maximum absolute atomic E-state index is 5.59. The quantitative estimate of drug-likeness (QED) is 0.698. The van der Waals surface area contributed by atoms with E-state index in [1.165, 1.54) is 5.56 Å². The molecule has 0 saturated heterocycles. The van der Waals surface area contributed by atoms with Crippen LogP contribution in [0.2, 0.25) is 0 Å². The van der Waals surface area contributed by atoms with Gasteiger partial charge in [0.05, 0.1) is 0 Å². The molecular formula is C14H15NO2P2. The van der Waals surface area contributed by atoms with Crippen LogP contribution in [-0.4, -0.2) is 0 Å². The maximum atomic E-state index is 5.59. The summed E-state index contributed by atoms with van der Waals surface area (Å²) in [5.74, 6) is 1.70. The number of aryl methyl sites for hydroxylation is 1. The van der Waals surface area contributed by atoms with Crippen LogP contribution in [0.4, 0.5) is 0 Å². The molecule has 1 unspecified atom stereocenters. The molecule has 2 aromatic carbocycles. The van der Waals surface area contributed by atoms with Gasteiger partial charge >= 0.3 is 0 Å². The van der Waals surface area contributed by atoms with Crippen LogP contribution in [-0.2, 0) is 0 Å². The van der Waals surface area contributed by atoms with Crippen molar-refractivity contribution in [1.82, 2.24) is 0 Å². The van der Waals surface area contributed by atoms with Crippen molar-refractivity contribution in [2.45, 2.75) is 13.8 Å². The maximum Gasteiger partial charge on any atom is 0.249 e. The average molecular weight is 291 g/mol. The predicted molar refractivity (Wildman–Crippen MR) is 81.3 cm³/mol. The SMILES string of the molecule is Cc1cccc(OP=NPOc2ccccc2)c1C. The van der Waals surface area contributed by atoms with Gasteiger partial charge in [0.1, 0.15) is 11.5 Å². The zero-order valence-electron chi connectivity index (χ0n) is 10.8. The molecule has 1 atom stereocenters. The minimum absolute atomic E-state index is 0.0431. The van der Waals surface area contributed by atoms with Gasteiger partial charge in [0.25, 0.3) is 0 Å². The average Bonchev–Trinajstić information content (AvgIpc) is 2.44. The molecule has 19 heavy (non-hydrogen) atoms. The van der Waals surface area contributed by atoms with Gasteiger partial charge in [-0.2, -0.15) is 4.52 Å². The fraction of sp³-hybridized carbons (Fsp3) is 0.143. The third-order valence-electron chi connectivity index (χ3n) is 2.68. The van der Waals surface area contributed by atoms with Gasteiger partial charge in [-0.05, 0) is 43.2 Å². The lowest BCUT2D eigenvalue weighted by atomic mass is 10.1.